The van der Waals surface area contributed by atoms with Crippen molar-refractivity contribution in [2.24, 2.45) is 0 Å². The Bertz CT molecular complexity index is 466. The van der Waals surface area contributed by atoms with Gasteiger partial charge in [-0.2, -0.15) is 0 Å². The van der Waals surface area contributed by atoms with Gasteiger partial charge in [0.05, 0.1) is 0 Å². The third kappa shape index (κ3) is 4.05. The molecule has 0 radical (unpaired) electrons. The fourth-order valence-corrected chi connectivity index (χ4v) is 1.50. The van der Waals surface area contributed by atoms with Gasteiger partial charge in [-0.05, 0) is 30.5 Å². The van der Waals surface area contributed by atoms with E-state index in [0.29, 0.717) is 6.42 Å². The molecule has 2 N–H and O–H groups in total. The van der Waals surface area contributed by atoms with Crippen LogP contribution in [0, 0.1) is 6.92 Å². The Morgan fingerprint density at radius 2 is 2.06 bits per heavy atom. The molecular formula is C14H17NO3. The van der Waals surface area contributed by atoms with E-state index in [0.717, 1.165) is 11.1 Å². The molecule has 1 aromatic carbocycles. The van der Waals surface area contributed by atoms with Crippen LogP contribution >= 0.6 is 0 Å². The van der Waals surface area contributed by atoms with Crippen LogP contribution in [0.4, 0.5) is 0 Å². The van der Waals surface area contributed by atoms with Crippen molar-refractivity contribution < 1.29 is 14.7 Å². The Labute approximate surface area is 106 Å². The molecule has 4 heteroatoms. The molecule has 0 unspecified atom stereocenters. The number of carbonyl (C=O) groups excluding carboxylic acids is 1. The van der Waals surface area contributed by atoms with Crippen molar-refractivity contribution in [3.05, 3.63) is 41.5 Å². The topological polar surface area (TPSA) is 66.4 Å². The Morgan fingerprint density at radius 3 is 2.61 bits per heavy atom. The van der Waals surface area contributed by atoms with Crippen LogP contribution in [0.3, 0.4) is 0 Å². The van der Waals surface area contributed by atoms with Crippen LogP contribution in [-0.2, 0) is 9.59 Å². The number of aliphatic carboxylic acids is 1. The minimum absolute atomic E-state index is 0.360. The van der Waals surface area contributed by atoms with Crippen molar-refractivity contribution in [1.82, 2.24) is 5.32 Å². The smallest absolute Gasteiger partial charge is 0.326 e. The Morgan fingerprint density at radius 1 is 1.39 bits per heavy atom. The maximum atomic E-state index is 11.5. The molecule has 0 spiro atoms. The highest BCUT2D eigenvalue weighted by Crippen LogP contribution is 2.08. The minimum Gasteiger partial charge on any atom is -0.480 e. The fraction of sp³-hybridized carbons (Fsp3) is 0.286. The van der Waals surface area contributed by atoms with Crippen LogP contribution in [0.1, 0.15) is 24.5 Å². The number of amides is 1. The molecule has 0 aliphatic carbocycles. The lowest BCUT2D eigenvalue weighted by Gasteiger charge is -2.09. The number of aryl methyl sites for hydroxylation is 1. The summed E-state index contributed by atoms with van der Waals surface area (Å²) in [5, 5.41) is 11.2. The molecule has 1 amide bonds. The minimum atomic E-state index is -1.02. The lowest BCUT2D eigenvalue weighted by atomic mass is 10.1. The van der Waals surface area contributed by atoms with E-state index in [1.807, 2.05) is 31.2 Å². The van der Waals surface area contributed by atoms with Gasteiger partial charge in [0.2, 0.25) is 5.91 Å². The predicted molar refractivity (Wildman–Crippen MR) is 70.1 cm³/mol. The molecule has 0 bridgehead atoms. The van der Waals surface area contributed by atoms with E-state index in [9.17, 15) is 9.59 Å². The molecule has 4 nitrogen and oxygen atoms in total. The number of carbonyl (C=O) groups is 2. The van der Waals surface area contributed by atoms with E-state index in [2.05, 4.69) is 5.32 Å². The summed E-state index contributed by atoms with van der Waals surface area (Å²) in [6, 6.07) is 6.82. The Hall–Kier alpha value is -2.10. The number of rotatable bonds is 5. The summed E-state index contributed by atoms with van der Waals surface area (Å²) in [5.74, 6) is -1.41. The largest absolute Gasteiger partial charge is 0.480 e. The van der Waals surface area contributed by atoms with Crippen LogP contribution in [-0.4, -0.2) is 23.0 Å². The molecule has 0 saturated carbocycles. The van der Waals surface area contributed by atoms with Crippen LogP contribution in [0.15, 0.2) is 30.3 Å². The van der Waals surface area contributed by atoms with Crippen LogP contribution in [0.5, 0.6) is 0 Å². The lowest BCUT2D eigenvalue weighted by Crippen LogP contribution is -2.39. The summed E-state index contributed by atoms with van der Waals surface area (Å²) in [6.45, 7) is 3.66. The summed E-state index contributed by atoms with van der Waals surface area (Å²) in [6.07, 6.45) is 3.40. The molecule has 18 heavy (non-hydrogen) atoms. The number of benzene rings is 1. The Balaban J connectivity index is 2.65. The van der Waals surface area contributed by atoms with Crippen LogP contribution in [0.25, 0.3) is 6.08 Å². The zero-order valence-electron chi connectivity index (χ0n) is 10.5. The molecule has 96 valence electrons. The maximum absolute atomic E-state index is 11.5. The summed E-state index contributed by atoms with van der Waals surface area (Å²) in [5.41, 5.74) is 2.00. The van der Waals surface area contributed by atoms with E-state index in [-0.39, 0.29) is 0 Å². The first-order valence-electron chi connectivity index (χ1n) is 5.81. The summed E-state index contributed by atoms with van der Waals surface area (Å²) in [4.78, 5) is 22.3. The molecule has 0 aromatic heterocycles. The van der Waals surface area contributed by atoms with Crippen molar-refractivity contribution in [1.29, 1.82) is 0 Å². The van der Waals surface area contributed by atoms with Gasteiger partial charge in [0.25, 0.3) is 0 Å². The van der Waals surface area contributed by atoms with Crippen molar-refractivity contribution in [3.8, 4) is 0 Å². The molecular weight excluding hydrogens is 230 g/mol. The van der Waals surface area contributed by atoms with Crippen molar-refractivity contribution in [3.63, 3.8) is 0 Å². The van der Waals surface area contributed by atoms with Crippen LogP contribution in [0.2, 0.25) is 0 Å². The van der Waals surface area contributed by atoms with E-state index < -0.39 is 17.9 Å². The number of carboxylic acids is 1. The van der Waals surface area contributed by atoms with E-state index in [1.165, 1.54) is 6.08 Å². The second kappa shape index (κ2) is 6.59. The number of carboxylic acid groups (broad SMARTS) is 1. The SMILES string of the molecule is CC[C@H](NC(=O)/C=C/c1ccccc1C)C(=O)O. The van der Waals surface area contributed by atoms with Gasteiger partial charge in [0.15, 0.2) is 0 Å². The first kappa shape index (κ1) is 14.0. The number of nitrogens with one attached hydrogen (secondary N) is 1. The quantitative estimate of drug-likeness (QED) is 0.782. The average molecular weight is 247 g/mol. The number of hydrogen-bond donors (Lipinski definition) is 2. The average Bonchev–Trinajstić information content (AvgIpc) is 2.34. The van der Waals surface area contributed by atoms with Gasteiger partial charge in [-0.3, -0.25) is 4.79 Å². The van der Waals surface area contributed by atoms with Crippen molar-refractivity contribution in [2.75, 3.05) is 0 Å². The highest BCUT2D eigenvalue weighted by molar-refractivity contribution is 5.94. The molecule has 0 heterocycles. The second-order valence-corrected chi connectivity index (χ2v) is 4.00. The molecule has 0 aliphatic rings. The fourth-order valence-electron chi connectivity index (χ4n) is 1.50. The summed E-state index contributed by atoms with van der Waals surface area (Å²) >= 11 is 0. The summed E-state index contributed by atoms with van der Waals surface area (Å²) < 4.78 is 0. The predicted octanol–water partition coefficient (Wildman–Crippen LogP) is 1.99. The highest BCUT2D eigenvalue weighted by Gasteiger charge is 2.15. The molecule has 0 saturated heterocycles. The molecule has 1 aromatic rings. The lowest BCUT2D eigenvalue weighted by molar-refractivity contribution is -0.141. The zero-order valence-corrected chi connectivity index (χ0v) is 10.5. The highest BCUT2D eigenvalue weighted by atomic mass is 16.4. The van der Waals surface area contributed by atoms with Gasteiger partial charge in [0, 0.05) is 6.08 Å². The van der Waals surface area contributed by atoms with Crippen molar-refractivity contribution in [2.45, 2.75) is 26.3 Å². The van der Waals surface area contributed by atoms with Gasteiger partial charge in [0.1, 0.15) is 6.04 Å². The van der Waals surface area contributed by atoms with Gasteiger partial charge in [-0.1, -0.05) is 31.2 Å². The van der Waals surface area contributed by atoms with Gasteiger partial charge in [-0.15, -0.1) is 0 Å². The van der Waals surface area contributed by atoms with Gasteiger partial charge < -0.3 is 10.4 Å². The van der Waals surface area contributed by atoms with Crippen LogP contribution < -0.4 is 5.32 Å². The van der Waals surface area contributed by atoms with Gasteiger partial charge in [-0.25, -0.2) is 4.79 Å². The Kier molecular flexibility index (Phi) is 5.11. The monoisotopic (exact) mass is 247 g/mol. The summed E-state index contributed by atoms with van der Waals surface area (Å²) in [7, 11) is 0. The molecule has 0 aliphatic heterocycles. The van der Waals surface area contributed by atoms with Crippen molar-refractivity contribution >= 4 is 18.0 Å². The first-order chi connectivity index (χ1) is 8.54. The first-order valence-corrected chi connectivity index (χ1v) is 5.81. The number of hydrogen-bond acceptors (Lipinski definition) is 2. The third-order valence-electron chi connectivity index (χ3n) is 2.63. The van der Waals surface area contributed by atoms with Gasteiger partial charge >= 0.3 is 5.97 Å². The maximum Gasteiger partial charge on any atom is 0.326 e. The second-order valence-electron chi connectivity index (χ2n) is 4.00. The van der Waals surface area contributed by atoms with E-state index in [4.69, 9.17) is 5.11 Å². The molecule has 1 atom stereocenters. The molecule has 1 rings (SSSR count). The standard InChI is InChI=1S/C14H17NO3/c1-3-12(14(17)18)15-13(16)9-8-11-7-5-4-6-10(11)2/h4-9,12H,3H2,1-2H3,(H,15,16)(H,17,18)/b9-8+/t12-/m0/s1. The molecule has 0 fully saturated rings. The van der Waals surface area contributed by atoms with E-state index in [1.54, 1.807) is 13.0 Å². The van der Waals surface area contributed by atoms with E-state index >= 15 is 0 Å². The normalized spacial score (nSPS) is 12.3. The third-order valence-corrected chi connectivity index (χ3v) is 2.63. The zero-order chi connectivity index (χ0) is 13.5.